The Morgan fingerprint density at radius 2 is 1.53 bits per heavy atom. The maximum absolute atomic E-state index is 13.3. The molecule has 0 amide bonds. The molecular weight excluding hydrogens is 693 g/mol. The highest BCUT2D eigenvalue weighted by atomic mass is 32.2. The lowest BCUT2D eigenvalue weighted by Gasteiger charge is -2.24. The van der Waals surface area contributed by atoms with Crippen LogP contribution in [-0.2, 0) is 35.4 Å². The van der Waals surface area contributed by atoms with Crippen LogP contribution >= 0.6 is 0 Å². The van der Waals surface area contributed by atoms with Gasteiger partial charge in [0.25, 0.3) is 0 Å². The zero-order valence-corrected chi connectivity index (χ0v) is 34.8. The average molecular weight is 763 g/mol. The smallest absolute Gasteiger partial charge is 0.320 e. The van der Waals surface area contributed by atoms with E-state index in [4.69, 9.17) is 9.47 Å². The number of rotatable bonds is 17. The molecule has 1 heterocycles. The molecule has 1 aliphatic carbocycles. The third-order valence-corrected chi connectivity index (χ3v) is 10.5. The molecule has 1 saturated heterocycles. The predicted molar refractivity (Wildman–Crippen MR) is 217 cm³/mol. The molecule has 1 aliphatic heterocycles. The first-order valence-electron chi connectivity index (χ1n) is 19.4. The van der Waals surface area contributed by atoms with Crippen LogP contribution in [0.1, 0.15) is 106 Å². The van der Waals surface area contributed by atoms with Crippen molar-refractivity contribution in [1.29, 1.82) is 0 Å². The Bertz CT molecular complexity index is 1400. The van der Waals surface area contributed by atoms with Crippen LogP contribution in [0.15, 0.2) is 42.5 Å². The maximum atomic E-state index is 13.3. The van der Waals surface area contributed by atoms with Crippen molar-refractivity contribution in [3.05, 3.63) is 59.2 Å². The summed E-state index contributed by atoms with van der Waals surface area (Å²) in [4.78, 5) is 27.3. The van der Waals surface area contributed by atoms with Gasteiger partial charge in [0.2, 0.25) is 0 Å². The minimum absolute atomic E-state index is 0.108. The number of unbranched alkanes of at least 4 members (excludes halogenated alkanes) is 1. The molecule has 0 aromatic heterocycles. The van der Waals surface area contributed by atoms with Crippen LogP contribution in [-0.4, -0.2) is 109 Å². The minimum atomic E-state index is -3.31. The summed E-state index contributed by atoms with van der Waals surface area (Å²) in [7, 11) is 1.89. The molecule has 302 valence electrons. The third-order valence-electron chi connectivity index (χ3n) is 9.56. The number of ketones is 1. The monoisotopic (exact) mass is 762 g/mol. The number of nitrogens with zero attached hydrogens (tertiary/aromatic N) is 1. The van der Waals surface area contributed by atoms with E-state index in [-0.39, 0.29) is 24.5 Å². The highest BCUT2D eigenvalue weighted by molar-refractivity contribution is 7.90. The molecular formula is C42H70N2O8S. The number of benzene rings is 2. The highest BCUT2D eigenvalue weighted by Crippen LogP contribution is 2.30. The van der Waals surface area contributed by atoms with E-state index < -0.39 is 21.8 Å². The fourth-order valence-electron chi connectivity index (χ4n) is 6.30. The van der Waals surface area contributed by atoms with Crippen molar-refractivity contribution in [2.24, 2.45) is 5.92 Å². The zero-order valence-electron chi connectivity index (χ0n) is 34.0. The zero-order chi connectivity index (χ0) is 39.6. The van der Waals surface area contributed by atoms with Gasteiger partial charge >= 0.3 is 5.97 Å². The first kappa shape index (κ1) is 48.3. The second-order valence-electron chi connectivity index (χ2n) is 14.1. The second-order valence-corrected chi connectivity index (χ2v) is 16.3. The molecule has 2 aromatic carbocycles. The fourth-order valence-corrected chi connectivity index (χ4v) is 6.96. The van der Waals surface area contributed by atoms with Crippen molar-refractivity contribution in [3.8, 4) is 11.1 Å². The number of carbonyl (C=O) groups is 2. The van der Waals surface area contributed by atoms with E-state index in [9.17, 15) is 23.1 Å². The summed E-state index contributed by atoms with van der Waals surface area (Å²) >= 11 is 0. The molecule has 2 atom stereocenters. The SMILES string of the molecule is CCCC.CCOC.COCC1CCCCC1.COCC1CCCN1Cc1ccc(C(=O)CNC(CCS(C)(=O)=O)C(=O)O)c(-c2ccccc2C)c1. The molecule has 2 aliphatic rings. The van der Waals surface area contributed by atoms with E-state index in [0.29, 0.717) is 18.2 Å². The second kappa shape index (κ2) is 27.8. The van der Waals surface area contributed by atoms with Gasteiger partial charge in [0.05, 0.1) is 18.9 Å². The van der Waals surface area contributed by atoms with Crippen LogP contribution in [0.5, 0.6) is 0 Å². The number of sulfone groups is 1. The Balaban J connectivity index is 0.000000679. The van der Waals surface area contributed by atoms with Gasteiger partial charge in [0.1, 0.15) is 15.9 Å². The summed E-state index contributed by atoms with van der Waals surface area (Å²) in [6.07, 6.45) is 12.9. The molecule has 0 spiro atoms. The Kier molecular flexibility index (Phi) is 25.4. The number of ether oxygens (including phenoxy) is 3. The number of hydrogen-bond acceptors (Lipinski definition) is 9. The number of nitrogens with one attached hydrogen (secondary N) is 1. The Morgan fingerprint density at radius 1 is 0.887 bits per heavy atom. The highest BCUT2D eigenvalue weighted by Gasteiger charge is 2.26. The van der Waals surface area contributed by atoms with Gasteiger partial charge in [-0.2, -0.15) is 0 Å². The molecule has 53 heavy (non-hydrogen) atoms. The number of aryl methyl sites for hydroxylation is 1. The molecule has 0 bridgehead atoms. The van der Waals surface area contributed by atoms with Crippen molar-refractivity contribution in [2.45, 2.75) is 111 Å². The molecule has 2 N–H and O–H groups in total. The summed E-state index contributed by atoms with van der Waals surface area (Å²) in [6.45, 7) is 12.4. The number of hydrogen-bond donors (Lipinski definition) is 2. The molecule has 1 saturated carbocycles. The van der Waals surface area contributed by atoms with Gasteiger partial charge < -0.3 is 19.3 Å². The number of aliphatic carboxylic acids is 1. The van der Waals surface area contributed by atoms with Gasteiger partial charge in [0, 0.05) is 58.9 Å². The van der Waals surface area contributed by atoms with E-state index in [1.54, 1.807) is 21.3 Å². The van der Waals surface area contributed by atoms with E-state index in [1.807, 2.05) is 50.2 Å². The molecule has 2 fully saturated rings. The Labute approximate surface area is 321 Å². The average Bonchev–Trinajstić information content (AvgIpc) is 3.58. The van der Waals surface area contributed by atoms with Crippen LogP contribution in [0.25, 0.3) is 11.1 Å². The van der Waals surface area contributed by atoms with E-state index >= 15 is 0 Å². The first-order valence-corrected chi connectivity index (χ1v) is 21.5. The topological polar surface area (TPSA) is 131 Å². The number of Topliss-reactive ketones (excluding diaryl/α,β-unsaturated/α-hetero) is 1. The lowest BCUT2D eigenvalue weighted by molar-refractivity contribution is -0.139. The number of methoxy groups -OCH3 is 3. The van der Waals surface area contributed by atoms with Gasteiger partial charge in [-0.1, -0.05) is 82.3 Å². The number of likely N-dealkylation sites (tertiary alicyclic amines) is 1. The normalized spacial score (nSPS) is 16.6. The van der Waals surface area contributed by atoms with Crippen LogP contribution in [0, 0.1) is 12.8 Å². The van der Waals surface area contributed by atoms with E-state index in [2.05, 4.69) is 34.9 Å². The summed E-state index contributed by atoms with van der Waals surface area (Å²) in [5.74, 6) is -0.820. The quantitative estimate of drug-likeness (QED) is 0.155. The number of carboxylic acid groups (broad SMARTS) is 1. The maximum Gasteiger partial charge on any atom is 0.320 e. The molecule has 2 aromatic rings. The minimum Gasteiger partial charge on any atom is -0.480 e. The van der Waals surface area contributed by atoms with Gasteiger partial charge in [-0.3, -0.25) is 19.8 Å². The molecule has 11 heteroatoms. The van der Waals surface area contributed by atoms with Crippen molar-refractivity contribution in [3.63, 3.8) is 0 Å². The van der Waals surface area contributed by atoms with Gasteiger partial charge in [-0.15, -0.1) is 0 Å². The van der Waals surface area contributed by atoms with Gasteiger partial charge in [-0.25, -0.2) is 8.42 Å². The Morgan fingerprint density at radius 3 is 2.08 bits per heavy atom. The predicted octanol–water partition coefficient (Wildman–Crippen LogP) is 7.61. The summed E-state index contributed by atoms with van der Waals surface area (Å²) < 4.78 is 37.9. The largest absolute Gasteiger partial charge is 0.480 e. The van der Waals surface area contributed by atoms with Crippen LogP contribution in [0.4, 0.5) is 0 Å². The van der Waals surface area contributed by atoms with Gasteiger partial charge in [0.15, 0.2) is 5.78 Å². The standard InChI is InChI=1S/C27H36N2O6S.C8H16O.C4H10.C3H8O/c1-19-7-4-5-9-22(19)24-15-20(17-29-13-6-8-21(29)18-35-2)10-11-23(24)26(30)16-28-25(27(31)32)12-14-36(3,33)34;1-9-7-8-5-3-2-4-6-8;2*1-3-4-2/h4-5,7,9-11,15,21,25,28H,6,8,12-14,16-18H2,1-3H3,(H,31,32);8H,2-7H2,1H3;3-4H2,1-2H3;3H2,1-2H3. The van der Waals surface area contributed by atoms with Crippen LogP contribution < -0.4 is 5.32 Å². The lowest BCUT2D eigenvalue weighted by Crippen LogP contribution is -2.41. The Hall–Kier alpha value is -2.67. The first-order chi connectivity index (χ1) is 25.3. The number of carboxylic acids is 1. The fraction of sp³-hybridized carbons (Fsp3) is 0.667. The van der Waals surface area contributed by atoms with Crippen molar-refractivity contribution >= 4 is 21.6 Å². The summed E-state index contributed by atoms with van der Waals surface area (Å²) in [5, 5.41) is 12.2. The number of carbonyl (C=O) groups excluding carboxylic acids is 1. The van der Waals surface area contributed by atoms with Crippen molar-refractivity contribution < 1.29 is 37.3 Å². The third kappa shape index (κ3) is 20.0. The van der Waals surface area contributed by atoms with Crippen LogP contribution in [0.3, 0.4) is 0 Å². The van der Waals surface area contributed by atoms with E-state index in [0.717, 1.165) is 73.6 Å². The lowest BCUT2D eigenvalue weighted by atomic mass is 9.90. The summed E-state index contributed by atoms with van der Waals surface area (Å²) in [6, 6.07) is 12.9. The van der Waals surface area contributed by atoms with Crippen molar-refractivity contribution in [2.75, 3.05) is 66.2 Å². The molecule has 10 nitrogen and oxygen atoms in total. The molecule has 0 radical (unpaired) electrons. The molecule has 2 unspecified atom stereocenters. The van der Waals surface area contributed by atoms with Crippen molar-refractivity contribution in [1.82, 2.24) is 10.2 Å². The van der Waals surface area contributed by atoms with Gasteiger partial charge in [-0.05, 0) is 86.7 Å². The van der Waals surface area contributed by atoms with Crippen LogP contribution in [0.2, 0.25) is 0 Å². The summed E-state index contributed by atoms with van der Waals surface area (Å²) in [5.41, 5.74) is 4.39. The molecule has 4 rings (SSSR count). The van der Waals surface area contributed by atoms with E-state index in [1.165, 1.54) is 44.9 Å².